The van der Waals surface area contributed by atoms with E-state index in [4.69, 9.17) is 9.47 Å². The molecule has 0 aromatic heterocycles. The van der Waals surface area contributed by atoms with E-state index >= 15 is 0 Å². The van der Waals surface area contributed by atoms with Crippen molar-refractivity contribution in [2.75, 3.05) is 6.61 Å². The third-order valence-electron chi connectivity index (χ3n) is 3.80. The Balaban J connectivity index is 1.96. The number of ether oxygens (including phenoxy) is 2. The van der Waals surface area contributed by atoms with Crippen molar-refractivity contribution in [1.82, 2.24) is 0 Å². The van der Waals surface area contributed by atoms with Crippen molar-refractivity contribution >= 4 is 0 Å². The maximum absolute atomic E-state index is 10.4. The molecular formula is C17H18O6. The predicted molar refractivity (Wildman–Crippen MR) is 82.1 cm³/mol. The Morgan fingerprint density at radius 3 is 2.65 bits per heavy atom. The SMILES string of the molecule is CCOc1cc([C@H]2Oc3cc(O)cc(O)c3C[C@H]2O)ccc1O. The molecule has 6 nitrogen and oxygen atoms in total. The van der Waals surface area contributed by atoms with E-state index in [1.165, 1.54) is 18.2 Å². The van der Waals surface area contributed by atoms with Gasteiger partial charge in [0.2, 0.25) is 0 Å². The molecule has 0 unspecified atom stereocenters. The summed E-state index contributed by atoms with van der Waals surface area (Å²) in [4.78, 5) is 0. The molecule has 3 rings (SSSR count). The maximum atomic E-state index is 10.4. The molecule has 0 bridgehead atoms. The van der Waals surface area contributed by atoms with Crippen LogP contribution >= 0.6 is 0 Å². The van der Waals surface area contributed by atoms with E-state index in [1.54, 1.807) is 19.1 Å². The zero-order valence-corrected chi connectivity index (χ0v) is 12.6. The molecular weight excluding hydrogens is 300 g/mol. The van der Waals surface area contributed by atoms with Gasteiger partial charge >= 0.3 is 0 Å². The molecule has 0 aliphatic carbocycles. The van der Waals surface area contributed by atoms with Crippen molar-refractivity contribution in [2.45, 2.75) is 25.6 Å². The van der Waals surface area contributed by atoms with Crippen LogP contribution in [-0.4, -0.2) is 33.1 Å². The molecule has 0 fully saturated rings. The molecule has 1 aliphatic heterocycles. The van der Waals surface area contributed by atoms with Crippen molar-refractivity contribution in [3.63, 3.8) is 0 Å². The van der Waals surface area contributed by atoms with Gasteiger partial charge in [0.15, 0.2) is 11.5 Å². The van der Waals surface area contributed by atoms with Gasteiger partial charge in [0, 0.05) is 24.1 Å². The molecule has 0 saturated carbocycles. The number of phenolic OH excluding ortho intramolecular Hbond substituents is 3. The van der Waals surface area contributed by atoms with Crippen molar-refractivity contribution < 1.29 is 29.9 Å². The van der Waals surface area contributed by atoms with Crippen LogP contribution in [0.25, 0.3) is 0 Å². The summed E-state index contributed by atoms with van der Waals surface area (Å²) in [6.07, 6.45) is -1.38. The highest BCUT2D eigenvalue weighted by atomic mass is 16.5. The van der Waals surface area contributed by atoms with Gasteiger partial charge in [-0.05, 0) is 24.6 Å². The van der Waals surface area contributed by atoms with Crippen LogP contribution in [0.4, 0.5) is 0 Å². The zero-order chi connectivity index (χ0) is 16.6. The highest BCUT2D eigenvalue weighted by Gasteiger charge is 2.32. The standard InChI is InChI=1S/C17H18O6/c1-2-22-16-5-9(3-4-12(16)19)17-14(21)8-11-13(20)6-10(18)7-15(11)23-17/h3-7,14,17-21H,2,8H2,1H3/t14-,17-/m1/s1. The molecule has 1 aliphatic rings. The monoisotopic (exact) mass is 318 g/mol. The molecule has 6 heteroatoms. The maximum Gasteiger partial charge on any atom is 0.161 e. The normalized spacial score (nSPS) is 19.7. The second-order valence-electron chi connectivity index (χ2n) is 5.41. The number of hydrogen-bond acceptors (Lipinski definition) is 6. The Morgan fingerprint density at radius 1 is 1.13 bits per heavy atom. The van der Waals surface area contributed by atoms with Gasteiger partial charge in [-0.1, -0.05) is 6.07 Å². The minimum absolute atomic E-state index is 0.0107. The van der Waals surface area contributed by atoms with Gasteiger partial charge in [0.05, 0.1) is 12.7 Å². The molecule has 23 heavy (non-hydrogen) atoms. The minimum atomic E-state index is -0.878. The van der Waals surface area contributed by atoms with E-state index in [9.17, 15) is 20.4 Å². The molecule has 0 radical (unpaired) electrons. The topological polar surface area (TPSA) is 99.4 Å². The van der Waals surface area contributed by atoms with Crippen LogP contribution in [-0.2, 0) is 6.42 Å². The first-order valence-electron chi connectivity index (χ1n) is 7.35. The van der Waals surface area contributed by atoms with Gasteiger partial charge in [-0.2, -0.15) is 0 Å². The third kappa shape index (κ3) is 2.85. The second-order valence-corrected chi connectivity index (χ2v) is 5.41. The summed E-state index contributed by atoms with van der Waals surface area (Å²) in [5, 5.41) is 39.6. The van der Waals surface area contributed by atoms with Crippen molar-refractivity contribution in [2.24, 2.45) is 0 Å². The van der Waals surface area contributed by atoms with Crippen molar-refractivity contribution in [3.05, 3.63) is 41.5 Å². The van der Waals surface area contributed by atoms with E-state index in [0.29, 0.717) is 29.2 Å². The largest absolute Gasteiger partial charge is 0.508 e. The smallest absolute Gasteiger partial charge is 0.161 e. The first-order valence-corrected chi connectivity index (χ1v) is 7.35. The molecule has 122 valence electrons. The quantitative estimate of drug-likeness (QED) is 0.693. The summed E-state index contributed by atoms with van der Waals surface area (Å²) in [7, 11) is 0. The van der Waals surface area contributed by atoms with Gasteiger partial charge in [-0.25, -0.2) is 0 Å². The Hall–Kier alpha value is -2.60. The summed E-state index contributed by atoms with van der Waals surface area (Å²) in [5.74, 6) is 0.418. The highest BCUT2D eigenvalue weighted by molar-refractivity contribution is 5.52. The van der Waals surface area contributed by atoms with Crippen LogP contribution in [0.15, 0.2) is 30.3 Å². The van der Waals surface area contributed by atoms with Gasteiger partial charge in [-0.3, -0.25) is 0 Å². The lowest BCUT2D eigenvalue weighted by Gasteiger charge is -2.31. The van der Waals surface area contributed by atoms with Crippen LogP contribution in [0.1, 0.15) is 24.2 Å². The summed E-state index contributed by atoms with van der Waals surface area (Å²) >= 11 is 0. The number of aliphatic hydroxyl groups excluding tert-OH is 1. The Morgan fingerprint density at radius 2 is 1.91 bits per heavy atom. The summed E-state index contributed by atoms with van der Waals surface area (Å²) in [6, 6.07) is 7.34. The fourth-order valence-electron chi connectivity index (χ4n) is 2.73. The molecule has 1 heterocycles. The summed E-state index contributed by atoms with van der Waals surface area (Å²) in [6.45, 7) is 2.20. The van der Waals surface area contributed by atoms with Gasteiger partial charge in [0.1, 0.15) is 23.4 Å². The molecule has 0 saturated heterocycles. The number of fused-ring (bicyclic) bond motifs is 1. The first-order chi connectivity index (χ1) is 11.0. The number of hydrogen-bond donors (Lipinski definition) is 4. The lowest BCUT2D eigenvalue weighted by Crippen LogP contribution is -2.30. The highest BCUT2D eigenvalue weighted by Crippen LogP contribution is 2.42. The van der Waals surface area contributed by atoms with E-state index in [1.807, 2.05) is 0 Å². The van der Waals surface area contributed by atoms with Crippen LogP contribution in [0, 0.1) is 0 Å². The van der Waals surface area contributed by atoms with E-state index in [2.05, 4.69) is 0 Å². The van der Waals surface area contributed by atoms with Crippen molar-refractivity contribution in [1.29, 1.82) is 0 Å². The van der Waals surface area contributed by atoms with Gasteiger partial charge < -0.3 is 29.9 Å². The summed E-state index contributed by atoms with van der Waals surface area (Å²) < 4.78 is 11.1. The van der Waals surface area contributed by atoms with Crippen LogP contribution < -0.4 is 9.47 Å². The lowest BCUT2D eigenvalue weighted by atomic mass is 9.94. The van der Waals surface area contributed by atoms with Crippen LogP contribution in [0.5, 0.6) is 28.7 Å². The van der Waals surface area contributed by atoms with Crippen molar-refractivity contribution in [3.8, 4) is 28.7 Å². The fourth-order valence-corrected chi connectivity index (χ4v) is 2.73. The molecule has 4 N–H and O–H groups in total. The first kappa shape index (κ1) is 15.3. The molecule has 0 spiro atoms. The minimum Gasteiger partial charge on any atom is -0.508 e. The second kappa shape index (κ2) is 5.89. The van der Waals surface area contributed by atoms with E-state index in [-0.39, 0.29) is 23.7 Å². The van der Waals surface area contributed by atoms with Gasteiger partial charge in [-0.15, -0.1) is 0 Å². The predicted octanol–water partition coefficient (Wildman–Crippen LogP) is 2.24. The van der Waals surface area contributed by atoms with Gasteiger partial charge in [0.25, 0.3) is 0 Å². The Kier molecular flexibility index (Phi) is 3.92. The number of rotatable bonds is 3. The molecule has 2 aromatic rings. The third-order valence-corrected chi connectivity index (χ3v) is 3.80. The van der Waals surface area contributed by atoms with Crippen LogP contribution in [0.3, 0.4) is 0 Å². The zero-order valence-electron chi connectivity index (χ0n) is 12.6. The number of benzene rings is 2. The Labute approximate surface area is 133 Å². The van der Waals surface area contributed by atoms with Crippen LogP contribution in [0.2, 0.25) is 0 Å². The number of phenols is 3. The van der Waals surface area contributed by atoms with E-state index in [0.717, 1.165) is 0 Å². The molecule has 2 aromatic carbocycles. The number of aromatic hydroxyl groups is 3. The average molecular weight is 318 g/mol. The lowest BCUT2D eigenvalue weighted by molar-refractivity contribution is 0.0196. The molecule has 0 amide bonds. The van der Waals surface area contributed by atoms with E-state index < -0.39 is 12.2 Å². The Bertz CT molecular complexity index is 727. The molecule has 2 atom stereocenters. The number of aliphatic hydroxyl groups is 1. The summed E-state index contributed by atoms with van der Waals surface area (Å²) in [5.41, 5.74) is 1.09. The fraction of sp³-hybridized carbons (Fsp3) is 0.294. The average Bonchev–Trinajstić information content (AvgIpc) is 2.50.